The van der Waals surface area contributed by atoms with Crippen LogP contribution in [0, 0.1) is 0 Å². The highest BCUT2D eigenvalue weighted by atomic mass is 19.1. The Morgan fingerprint density at radius 1 is 1.33 bits per heavy atom. The van der Waals surface area contributed by atoms with Crippen LogP contribution in [-0.4, -0.2) is 31.3 Å². The van der Waals surface area contributed by atoms with Gasteiger partial charge >= 0.3 is 11.9 Å². The molecule has 12 heavy (non-hydrogen) atoms. The average Bonchev–Trinajstić information content (AvgIpc) is 1.97. The molecule has 70 valence electrons. The van der Waals surface area contributed by atoms with Crippen LogP contribution in [0.4, 0.5) is 4.39 Å². The maximum absolute atomic E-state index is 12.7. The van der Waals surface area contributed by atoms with Gasteiger partial charge < -0.3 is 9.47 Å². The van der Waals surface area contributed by atoms with E-state index in [9.17, 15) is 14.0 Å². The van der Waals surface area contributed by atoms with Gasteiger partial charge in [0, 0.05) is 0 Å². The van der Waals surface area contributed by atoms with Gasteiger partial charge in [-0.15, -0.1) is 0 Å². The summed E-state index contributed by atoms with van der Waals surface area (Å²) in [6, 6.07) is 0. The van der Waals surface area contributed by atoms with Crippen LogP contribution in [-0.2, 0) is 19.1 Å². The molecule has 0 aliphatic heterocycles. The molecule has 0 N–H and O–H groups in total. The largest absolute Gasteiger partial charge is 0.461 e. The summed E-state index contributed by atoms with van der Waals surface area (Å²) in [5.74, 6) is -2.30. The molecule has 0 bridgehead atoms. The Bertz CT molecular complexity index is 182. The van der Waals surface area contributed by atoms with E-state index in [1.165, 1.54) is 13.8 Å². The molecule has 0 aromatic rings. The Labute approximate surface area is 69.6 Å². The highest BCUT2D eigenvalue weighted by Crippen LogP contribution is 2.07. The molecule has 0 saturated heterocycles. The number of alkyl halides is 1. The van der Waals surface area contributed by atoms with E-state index >= 15 is 0 Å². The van der Waals surface area contributed by atoms with Crippen molar-refractivity contribution in [2.75, 3.05) is 13.7 Å². The van der Waals surface area contributed by atoms with Crippen molar-refractivity contribution < 1.29 is 23.5 Å². The Morgan fingerprint density at radius 2 is 1.83 bits per heavy atom. The zero-order valence-corrected chi connectivity index (χ0v) is 7.22. The van der Waals surface area contributed by atoms with E-state index in [1.54, 1.807) is 0 Å². The number of esters is 2. The molecular formula is C7H11FO4. The van der Waals surface area contributed by atoms with Crippen molar-refractivity contribution in [3.63, 3.8) is 0 Å². The van der Waals surface area contributed by atoms with Crippen molar-refractivity contribution in [2.45, 2.75) is 19.5 Å². The van der Waals surface area contributed by atoms with Crippen molar-refractivity contribution in [1.29, 1.82) is 0 Å². The van der Waals surface area contributed by atoms with E-state index in [0.29, 0.717) is 0 Å². The highest BCUT2D eigenvalue weighted by Gasteiger charge is 2.22. The van der Waals surface area contributed by atoms with Crippen LogP contribution in [0.3, 0.4) is 0 Å². The van der Waals surface area contributed by atoms with Crippen molar-refractivity contribution in [1.82, 2.24) is 0 Å². The van der Waals surface area contributed by atoms with Crippen molar-refractivity contribution in [3.05, 3.63) is 0 Å². The van der Waals surface area contributed by atoms with E-state index in [-0.39, 0.29) is 0 Å². The third-order valence-corrected chi connectivity index (χ3v) is 0.899. The van der Waals surface area contributed by atoms with Gasteiger partial charge in [-0.1, -0.05) is 0 Å². The summed E-state index contributed by atoms with van der Waals surface area (Å²) in [7, 11) is 1.05. The van der Waals surface area contributed by atoms with Crippen molar-refractivity contribution in [2.24, 2.45) is 0 Å². The molecule has 0 aromatic heterocycles. The number of ether oxygens (including phenoxy) is 2. The minimum atomic E-state index is -1.64. The maximum Gasteiger partial charge on any atom is 0.417 e. The van der Waals surface area contributed by atoms with Gasteiger partial charge in [0.15, 0.2) is 0 Å². The smallest absolute Gasteiger partial charge is 0.417 e. The van der Waals surface area contributed by atoms with Gasteiger partial charge in [0.2, 0.25) is 0 Å². The summed E-state index contributed by atoms with van der Waals surface area (Å²) in [6.07, 6.45) is 0. The van der Waals surface area contributed by atoms with Gasteiger partial charge in [-0.2, -0.15) is 0 Å². The van der Waals surface area contributed by atoms with Crippen LogP contribution in [0.15, 0.2) is 0 Å². The Morgan fingerprint density at radius 3 is 2.17 bits per heavy atom. The first-order valence-electron chi connectivity index (χ1n) is 3.31. The lowest BCUT2D eigenvalue weighted by Gasteiger charge is -2.12. The Kier molecular flexibility index (Phi) is 3.66. The predicted octanol–water partition coefficient (Wildman–Crippen LogP) is 0.451. The molecule has 0 amide bonds. The second-order valence-electron chi connectivity index (χ2n) is 2.79. The van der Waals surface area contributed by atoms with Gasteiger partial charge in [-0.05, 0) is 13.8 Å². The zero-order valence-electron chi connectivity index (χ0n) is 7.22. The molecule has 0 radical (unpaired) electrons. The second kappa shape index (κ2) is 4.04. The first kappa shape index (κ1) is 10.9. The predicted molar refractivity (Wildman–Crippen MR) is 38.2 cm³/mol. The topological polar surface area (TPSA) is 52.6 Å². The summed E-state index contributed by atoms with van der Waals surface area (Å²) >= 11 is 0. The Hall–Kier alpha value is -1.13. The van der Waals surface area contributed by atoms with E-state index in [2.05, 4.69) is 9.47 Å². The molecule has 5 heteroatoms. The lowest BCUT2D eigenvalue weighted by Crippen LogP contribution is -2.27. The molecule has 0 unspecified atom stereocenters. The lowest BCUT2D eigenvalue weighted by molar-refractivity contribution is -0.167. The first-order chi connectivity index (χ1) is 5.37. The van der Waals surface area contributed by atoms with Crippen LogP contribution in [0.25, 0.3) is 0 Å². The van der Waals surface area contributed by atoms with Crippen LogP contribution in [0.1, 0.15) is 13.8 Å². The number of hydrogen-bond donors (Lipinski definition) is 0. The van der Waals surface area contributed by atoms with Crippen LogP contribution < -0.4 is 0 Å². The van der Waals surface area contributed by atoms with Crippen molar-refractivity contribution >= 4 is 11.9 Å². The van der Waals surface area contributed by atoms with Crippen LogP contribution >= 0.6 is 0 Å². The van der Waals surface area contributed by atoms with Gasteiger partial charge in [-0.3, -0.25) is 0 Å². The highest BCUT2D eigenvalue weighted by molar-refractivity contribution is 6.29. The fourth-order valence-electron chi connectivity index (χ4n) is 0.379. The van der Waals surface area contributed by atoms with Gasteiger partial charge in [0.25, 0.3) is 0 Å². The normalized spacial score (nSPS) is 10.7. The monoisotopic (exact) mass is 178 g/mol. The molecule has 0 saturated carbocycles. The standard InChI is InChI=1S/C7H11FO4/c1-7(2,8)4-12-6(10)5(9)11-3/h4H2,1-3H3. The van der Waals surface area contributed by atoms with Crippen molar-refractivity contribution in [3.8, 4) is 0 Å². The fraction of sp³-hybridized carbons (Fsp3) is 0.714. The maximum atomic E-state index is 12.7. The second-order valence-corrected chi connectivity index (χ2v) is 2.79. The number of rotatable bonds is 2. The molecule has 0 aliphatic rings. The molecule has 0 atom stereocenters. The quantitative estimate of drug-likeness (QED) is 0.455. The van der Waals surface area contributed by atoms with E-state index in [1.807, 2.05) is 0 Å². The Balaban J connectivity index is 3.80. The number of carbonyl (C=O) groups excluding carboxylic acids is 2. The van der Waals surface area contributed by atoms with Gasteiger partial charge in [-0.25, -0.2) is 14.0 Å². The average molecular weight is 178 g/mol. The molecule has 4 nitrogen and oxygen atoms in total. The molecule has 0 aromatic carbocycles. The summed E-state index contributed by atoms with van der Waals surface area (Å²) in [4.78, 5) is 21.0. The van der Waals surface area contributed by atoms with E-state index < -0.39 is 24.2 Å². The SMILES string of the molecule is COC(=O)C(=O)OCC(C)(C)F. The summed E-state index contributed by atoms with van der Waals surface area (Å²) in [5, 5.41) is 0. The first-order valence-corrected chi connectivity index (χ1v) is 3.31. The third kappa shape index (κ3) is 4.65. The number of methoxy groups -OCH3 is 1. The van der Waals surface area contributed by atoms with Gasteiger partial charge in [0.1, 0.15) is 12.3 Å². The molecule has 0 fully saturated rings. The number of halogens is 1. The summed E-state index contributed by atoms with van der Waals surface area (Å²) in [5.41, 5.74) is -1.64. The van der Waals surface area contributed by atoms with Crippen LogP contribution in [0.5, 0.6) is 0 Å². The molecule has 0 rings (SSSR count). The molecule has 0 spiro atoms. The van der Waals surface area contributed by atoms with E-state index in [0.717, 1.165) is 7.11 Å². The molecule has 0 heterocycles. The molecule has 0 aliphatic carbocycles. The summed E-state index contributed by atoms with van der Waals surface area (Å²) < 4.78 is 21.0. The lowest BCUT2D eigenvalue weighted by atomic mass is 10.2. The third-order valence-electron chi connectivity index (χ3n) is 0.899. The van der Waals surface area contributed by atoms with Crippen LogP contribution in [0.2, 0.25) is 0 Å². The minimum absolute atomic E-state index is 0.457. The van der Waals surface area contributed by atoms with Gasteiger partial charge in [0.05, 0.1) is 7.11 Å². The van der Waals surface area contributed by atoms with E-state index in [4.69, 9.17) is 0 Å². The number of carbonyl (C=O) groups is 2. The summed E-state index contributed by atoms with van der Waals surface area (Å²) in [6.45, 7) is 2.01. The fourth-order valence-corrected chi connectivity index (χ4v) is 0.379. The minimum Gasteiger partial charge on any atom is -0.461 e. The zero-order chi connectivity index (χ0) is 9.78. The number of hydrogen-bond acceptors (Lipinski definition) is 4. The molecular weight excluding hydrogens is 167 g/mol.